The molecule has 0 amide bonds. The van der Waals surface area contributed by atoms with Gasteiger partial charge < -0.3 is 4.98 Å². The first-order chi connectivity index (χ1) is 9.79. The molecule has 1 aromatic carbocycles. The smallest absolute Gasteiger partial charge is 0.241 e. The average Bonchev–Trinajstić information content (AvgIpc) is 3.02. The second-order valence-electron chi connectivity index (χ2n) is 4.08. The molecule has 3 aromatic rings. The molecule has 0 saturated heterocycles. The highest BCUT2D eigenvalue weighted by molar-refractivity contribution is 5.98. The van der Waals surface area contributed by atoms with Crippen LogP contribution in [0, 0.1) is 6.92 Å². The van der Waals surface area contributed by atoms with Crippen LogP contribution in [-0.4, -0.2) is 26.1 Å². The van der Waals surface area contributed by atoms with Gasteiger partial charge in [0.2, 0.25) is 5.95 Å². The van der Waals surface area contributed by atoms with Crippen LogP contribution in [0.25, 0.3) is 21.3 Å². The molecule has 0 fully saturated rings. The summed E-state index contributed by atoms with van der Waals surface area (Å²) in [6, 6.07) is 7.91. The molecule has 0 aliphatic heterocycles. The van der Waals surface area contributed by atoms with Gasteiger partial charge in [-0.05, 0) is 23.6 Å². The number of H-pyrrole nitrogens is 1. The lowest BCUT2D eigenvalue weighted by Crippen LogP contribution is -1.92. The monoisotopic (exact) mass is 266 g/mol. The second-order valence-corrected chi connectivity index (χ2v) is 4.08. The number of para-hydroxylation sites is 1. The summed E-state index contributed by atoms with van der Waals surface area (Å²) in [5, 5.41) is 16.3. The topological polar surface area (TPSA) is 108 Å². The Morgan fingerprint density at radius 2 is 2.20 bits per heavy atom. The summed E-state index contributed by atoms with van der Waals surface area (Å²) in [6.45, 7) is 1.73. The van der Waals surface area contributed by atoms with Gasteiger partial charge in [-0.2, -0.15) is 9.78 Å². The Balaban J connectivity index is 2.02. The second kappa shape index (κ2) is 4.87. The molecule has 0 unspecified atom stereocenters. The summed E-state index contributed by atoms with van der Waals surface area (Å²) in [5.41, 5.74) is 10.4. The Labute approximate surface area is 113 Å². The van der Waals surface area contributed by atoms with E-state index in [4.69, 9.17) is 5.53 Å². The number of azide groups is 1. The van der Waals surface area contributed by atoms with Gasteiger partial charge in [0.1, 0.15) is 0 Å². The van der Waals surface area contributed by atoms with Crippen LogP contribution in [0.15, 0.2) is 40.7 Å². The summed E-state index contributed by atoms with van der Waals surface area (Å²) in [4.78, 5) is 5.86. The third kappa shape index (κ3) is 2.00. The lowest BCUT2D eigenvalue weighted by Gasteiger charge is -1.96. The van der Waals surface area contributed by atoms with Crippen LogP contribution in [0.4, 0.5) is 5.95 Å². The third-order valence-corrected chi connectivity index (χ3v) is 2.85. The molecule has 20 heavy (non-hydrogen) atoms. The van der Waals surface area contributed by atoms with Crippen molar-refractivity contribution in [3.05, 3.63) is 52.3 Å². The van der Waals surface area contributed by atoms with Crippen molar-refractivity contribution in [1.82, 2.24) is 19.9 Å². The van der Waals surface area contributed by atoms with Gasteiger partial charge in [0.15, 0.2) is 5.82 Å². The van der Waals surface area contributed by atoms with Crippen LogP contribution >= 0.6 is 0 Å². The fraction of sp³-hybridized carbons (Fsp3) is 0.0833. The fourth-order valence-electron chi connectivity index (χ4n) is 1.90. The van der Waals surface area contributed by atoms with E-state index in [1.807, 2.05) is 30.5 Å². The summed E-state index contributed by atoms with van der Waals surface area (Å²) in [7, 11) is 0. The summed E-state index contributed by atoms with van der Waals surface area (Å²) in [5.74, 6) is 0.657. The van der Waals surface area contributed by atoms with Crippen molar-refractivity contribution in [2.45, 2.75) is 6.92 Å². The van der Waals surface area contributed by atoms with Crippen LogP contribution < -0.4 is 0 Å². The molecule has 2 heterocycles. The van der Waals surface area contributed by atoms with Crippen molar-refractivity contribution in [2.24, 2.45) is 10.2 Å². The van der Waals surface area contributed by atoms with E-state index < -0.39 is 0 Å². The van der Waals surface area contributed by atoms with Crippen LogP contribution in [0.2, 0.25) is 0 Å². The van der Waals surface area contributed by atoms with Crippen LogP contribution in [0.5, 0.6) is 0 Å². The minimum atomic E-state index is 0.112. The molecular formula is C12H10N8. The molecule has 0 bridgehead atoms. The number of nitrogens with one attached hydrogen (secondary N) is 1. The number of aromatic amines is 1. The van der Waals surface area contributed by atoms with Crippen molar-refractivity contribution in [1.29, 1.82) is 0 Å². The third-order valence-electron chi connectivity index (χ3n) is 2.85. The first-order valence-corrected chi connectivity index (χ1v) is 5.87. The molecule has 1 N–H and O–H groups in total. The van der Waals surface area contributed by atoms with E-state index in [0.717, 1.165) is 16.5 Å². The molecule has 98 valence electrons. The lowest BCUT2D eigenvalue weighted by molar-refractivity contribution is 0.832. The van der Waals surface area contributed by atoms with Crippen LogP contribution in [0.1, 0.15) is 11.4 Å². The zero-order chi connectivity index (χ0) is 13.9. The Kier molecular flexibility index (Phi) is 2.91. The van der Waals surface area contributed by atoms with E-state index in [0.29, 0.717) is 5.82 Å². The predicted molar refractivity (Wildman–Crippen MR) is 74.9 cm³/mol. The van der Waals surface area contributed by atoms with Crippen molar-refractivity contribution in [2.75, 3.05) is 0 Å². The number of benzene rings is 1. The number of nitrogens with zero attached hydrogens (tertiary/aromatic N) is 7. The number of rotatable bonds is 3. The fourth-order valence-corrected chi connectivity index (χ4v) is 1.90. The van der Waals surface area contributed by atoms with E-state index in [9.17, 15) is 0 Å². The van der Waals surface area contributed by atoms with Gasteiger partial charge in [0.05, 0.1) is 6.21 Å². The maximum Gasteiger partial charge on any atom is 0.241 e. The Bertz CT molecular complexity index is 834. The molecular weight excluding hydrogens is 256 g/mol. The normalized spacial score (nSPS) is 11.1. The van der Waals surface area contributed by atoms with Crippen molar-refractivity contribution in [3.8, 4) is 0 Å². The van der Waals surface area contributed by atoms with Gasteiger partial charge in [0.25, 0.3) is 0 Å². The standard InChI is InChI=1S/C12H10N8/c1-8-16-17-12(18-19-13)20(8)15-7-9-6-14-11-5-3-2-4-10(9)11/h2-7,14H,1H3. The highest BCUT2D eigenvalue weighted by atomic mass is 15.5. The molecule has 0 saturated carbocycles. The summed E-state index contributed by atoms with van der Waals surface area (Å²) in [6.07, 6.45) is 3.53. The number of hydrogen-bond acceptors (Lipinski definition) is 4. The van der Waals surface area contributed by atoms with E-state index in [2.05, 4.69) is 30.3 Å². The quantitative estimate of drug-likeness (QED) is 0.340. The first-order valence-electron chi connectivity index (χ1n) is 5.87. The minimum Gasteiger partial charge on any atom is -0.361 e. The van der Waals surface area contributed by atoms with Crippen molar-refractivity contribution in [3.63, 3.8) is 0 Å². The van der Waals surface area contributed by atoms with Crippen LogP contribution in [0.3, 0.4) is 0 Å². The molecule has 8 heteroatoms. The van der Waals surface area contributed by atoms with E-state index in [1.165, 1.54) is 4.68 Å². The highest BCUT2D eigenvalue weighted by Crippen LogP contribution is 2.16. The largest absolute Gasteiger partial charge is 0.361 e. The van der Waals surface area contributed by atoms with Gasteiger partial charge in [-0.25, -0.2) is 0 Å². The van der Waals surface area contributed by atoms with Gasteiger partial charge in [0, 0.05) is 27.6 Å². The Morgan fingerprint density at radius 3 is 3.05 bits per heavy atom. The molecule has 8 nitrogen and oxygen atoms in total. The van der Waals surface area contributed by atoms with E-state index >= 15 is 0 Å². The van der Waals surface area contributed by atoms with Gasteiger partial charge in [-0.15, -0.1) is 10.2 Å². The number of aryl methyl sites for hydroxylation is 1. The van der Waals surface area contributed by atoms with Crippen LogP contribution in [-0.2, 0) is 0 Å². The Hall–Kier alpha value is -3.12. The minimum absolute atomic E-state index is 0.112. The summed E-state index contributed by atoms with van der Waals surface area (Å²) >= 11 is 0. The predicted octanol–water partition coefficient (Wildman–Crippen LogP) is 2.89. The summed E-state index contributed by atoms with van der Waals surface area (Å²) < 4.78 is 1.39. The van der Waals surface area contributed by atoms with E-state index in [-0.39, 0.29) is 5.95 Å². The molecule has 0 spiro atoms. The molecule has 0 radical (unpaired) electrons. The number of hydrogen-bond donors (Lipinski definition) is 1. The van der Waals surface area contributed by atoms with Gasteiger partial charge >= 0.3 is 0 Å². The molecule has 0 aliphatic rings. The van der Waals surface area contributed by atoms with E-state index in [1.54, 1.807) is 13.1 Å². The molecule has 2 aromatic heterocycles. The zero-order valence-corrected chi connectivity index (χ0v) is 10.6. The molecule has 3 rings (SSSR count). The first kappa shape index (κ1) is 11.9. The lowest BCUT2D eigenvalue weighted by atomic mass is 10.2. The SMILES string of the molecule is Cc1nnc(N=[N+]=[N-])n1N=Cc1c[nH]c2ccccc12. The van der Waals surface area contributed by atoms with Crippen molar-refractivity contribution >= 4 is 23.1 Å². The molecule has 0 atom stereocenters. The maximum absolute atomic E-state index is 8.47. The number of aromatic nitrogens is 4. The maximum atomic E-state index is 8.47. The average molecular weight is 266 g/mol. The number of fused-ring (bicyclic) bond motifs is 1. The zero-order valence-electron chi connectivity index (χ0n) is 10.6. The Morgan fingerprint density at radius 1 is 1.35 bits per heavy atom. The van der Waals surface area contributed by atoms with Gasteiger partial charge in [-0.3, -0.25) is 0 Å². The highest BCUT2D eigenvalue weighted by Gasteiger charge is 2.05. The van der Waals surface area contributed by atoms with Crippen molar-refractivity contribution < 1.29 is 0 Å². The van der Waals surface area contributed by atoms with Gasteiger partial charge in [-0.1, -0.05) is 18.2 Å². The molecule has 0 aliphatic carbocycles.